The van der Waals surface area contributed by atoms with Crippen LogP contribution in [0.5, 0.6) is 0 Å². The van der Waals surface area contributed by atoms with Gasteiger partial charge in [0.2, 0.25) is 0 Å². The van der Waals surface area contributed by atoms with Crippen LogP contribution in [0, 0.1) is 6.92 Å². The number of nitrogens with one attached hydrogen (secondary N) is 1. The number of alkyl carbamates (subject to hydrolysis) is 1. The van der Waals surface area contributed by atoms with Crippen LogP contribution in [-0.2, 0) is 4.74 Å². The minimum absolute atomic E-state index is 0.109. The Morgan fingerprint density at radius 2 is 2.21 bits per heavy atom. The third kappa shape index (κ3) is 1.71. The van der Waals surface area contributed by atoms with E-state index in [9.17, 15) is 4.79 Å². The molecule has 1 amide bonds. The second-order valence-corrected chi connectivity index (χ2v) is 3.48. The van der Waals surface area contributed by atoms with E-state index in [0.717, 1.165) is 6.42 Å². The molecular weight excluding hydrogens is 178 g/mol. The molecule has 1 atom stereocenters. The fraction of sp³-hybridized carbons (Fsp3) is 0.364. The van der Waals surface area contributed by atoms with E-state index in [1.54, 1.807) is 0 Å². The van der Waals surface area contributed by atoms with E-state index < -0.39 is 0 Å². The molecule has 0 aliphatic carbocycles. The van der Waals surface area contributed by atoms with Crippen LogP contribution in [0.25, 0.3) is 0 Å². The molecule has 74 valence electrons. The van der Waals surface area contributed by atoms with Gasteiger partial charge in [0.05, 0.1) is 12.6 Å². The standard InChI is InChI=1S/C11H13NO2/c1-8-4-2-3-5-9(8)10-6-7-14-11(13)12-10/h2-5,10H,6-7H2,1H3,(H,12,13). The topological polar surface area (TPSA) is 38.3 Å². The summed E-state index contributed by atoms with van der Waals surface area (Å²) >= 11 is 0. The van der Waals surface area contributed by atoms with Crippen LogP contribution in [0.4, 0.5) is 4.79 Å². The number of hydrogen-bond donors (Lipinski definition) is 1. The van der Waals surface area contributed by atoms with Crippen molar-refractivity contribution >= 4 is 6.09 Å². The lowest BCUT2D eigenvalue weighted by Crippen LogP contribution is -2.35. The quantitative estimate of drug-likeness (QED) is 0.738. The zero-order valence-electron chi connectivity index (χ0n) is 8.12. The first-order valence-corrected chi connectivity index (χ1v) is 4.76. The van der Waals surface area contributed by atoms with Gasteiger partial charge in [-0.2, -0.15) is 0 Å². The van der Waals surface area contributed by atoms with E-state index in [1.165, 1.54) is 11.1 Å². The van der Waals surface area contributed by atoms with Crippen molar-refractivity contribution in [3.05, 3.63) is 35.4 Å². The number of hydrogen-bond acceptors (Lipinski definition) is 2. The molecule has 14 heavy (non-hydrogen) atoms. The Morgan fingerprint density at radius 3 is 2.93 bits per heavy atom. The van der Waals surface area contributed by atoms with Gasteiger partial charge in [0.15, 0.2) is 0 Å². The molecule has 1 aromatic rings. The van der Waals surface area contributed by atoms with Crippen LogP contribution in [0.15, 0.2) is 24.3 Å². The Balaban J connectivity index is 2.22. The van der Waals surface area contributed by atoms with E-state index in [4.69, 9.17) is 4.74 Å². The zero-order valence-corrected chi connectivity index (χ0v) is 8.12. The summed E-state index contributed by atoms with van der Waals surface area (Å²) < 4.78 is 4.82. The molecule has 0 aromatic heterocycles. The molecule has 1 saturated heterocycles. The number of carbonyl (C=O) groups excluding carboxylic acids is 1. The lowest BCUT2D eigenvalue weighted by molar-refractivity contribution is 0.115. The Morgan fingerprint density at radius 1 is 1.43 bits per heavy atom. The summed E-state index contributed by atoms with van der Waals surface area (Å²) in [6.45, 7) is 2.56. The Labute approximate surface area is 83.1 Å². The van der Waals surface area contributed by atoms with Crippen LogP contribution in [0.2, 0.25) is 0 Å². The number of carbonyl (C=O) groups is 1. The van der Waals surface area contributed by atoms with Crippen LogP contribution in [0.1, 0.15) is 23.6 Å². The Kier molecular flexibility index (Phi) is 2.39. The molecule has 1 unspecified atom stereocenters. The van der Waals surface area contributed by atoms with Crippen molar-refractivity contribution in [2.24, 2.45) is 0 Å². The summed E-state index contributed by atoms with van der Waals surface area (Å²) in [4.78, 5) is 11.0. The number of amides is 1. The molecule has 0 bridgehead atoms. The Bertz CT molecular complexity index is 349. The van der Waals surface area contributed by atoms with Crippen molar-refractivity contribution in [1.82, 2.24) is 5.32 Å². The van der Waals surface area contributed by atoms with Gasteiger partial charge in [0, 0.05) is 6.42 Å². The van der Waals surface area contributed by atoms with Gasteiger partial charge in [-0.25, -0.2) is 4.79 Å². The van der Waals surface area contributed by atoms with Crippen molar-refractivity contribution in [1.29, 1.82) is 0 Å². The van der Waals surface area contributed by atoms with Crippen molar-refractivity contribution < 1.29 is 9.53 Å². The fourth-order valence-electron chi connectivity index (χ4n) is 1.74. The summed E-state index contributed by atoms with van der Waals surface area (Å²) in [7, 11) is 0. The Hall–Kier alpha value is -1.51. The van der Waals surface area contributed by atoms with Gasteiger partial charge in [-0.15, -0.1) is 0 Å². The number of aryl methyl sites for hydroxylation is 1. The highest BCUT2D eigenvalue weighted by molar-refractivity contribution is 5.68. The molecule has 1 aliphatic heterocycles. The monoisotopic (exact) mass is 191 g/mol. The van der Waals surface area contributed by atoms with Gasteiger partial charge in [-0.1, -0.05) is 24.3 Å². The SMILES string of the molecule is Cc1ccccc1C1CCOC(=O)N1. The summed E-state index contributed by atoms with van der Waals surface area (Å²) in [6, 6.07) is 8.20. The lowest BCUT2D eigenvalue weighted by Gasteiger charge is -2.24. The molecule has 1 heterocycles. The van der Waals surface area contributed by atoms with E-state index in [0.29, 0.717) is 6.61 Å². The number of ether oxygens (including phenoxy) is 1. The van der Waals surface area contributed by atoms with Gasteiger partial charge in [0.25, 0.3) is 0 Å². The second-order valence-electron chi connectivity index (χ2n) is 3.48. The summed E-state index contributed by atoms with van der Waals surface area (Å²) in [5.74, 6) is 0. The van der Waals surface area contributed by atoms with Crippen LogP contribution >= 0.6 is 0 Å². The normalized spacial score (nSPS) is 21.2. The molecule has 3 heteroatoms. The third-order valence-electron chi connectivity index (χ3n) is 2.50. The minimum Gasteiger partial charge on any atom is -0.449 e. The number of cyclic esters (lactones) is 1. The molecule has 0 radical (unpaired) electrons. The number of benzene rings is 1. The second kappa shape index (κ2) is 3.70. The van der Waals surface area contributed by atoms with Gasteiger partial charge in [-0.3, -0.25) is 0 Å². The predicted octanol–water partition coefficient (Wildman–Crippen LogP) is 2.17. The molecule has 1 aromatic carbocycles. The first-order chi connectivity index (χ1) is 6.77. The summed E-state index contributed by atoms with van der Waals surface area (Å²) in [5, 5.41) is 2.81. The van der Waals surface area contributed by atoms with Crippen molar-refractivity contribution in [2.45, 2.75) is 19.4 Å². The highest BCUT2D eigenvalue weighted by Crippen LogP contribution is 2.22. The largest absolute Gasteiger partial charge is 0.449 e. The third-order valence-corrected chi connectivity index (χ3v) is 2.50. The van der Waals surface area contributed by atoms with Crippen molar-refractivity contribution in [2.75, 3.05) is 6.61 Å². The van der Waals surface area contributed by atoms with Gasteiger partial charge in [0.1, 0.15) is 0 Å². The average molecular weight is 191 g/mol. The first kappa shape index (κ1) is 9.06. The van der Waals surface area contributed by atoms with Crippen LogP contribution in [0.3, 0.4) is 0 Å². The molecule has 3 nitrogen and oxygen atoms in total. The smallest absolute Gasteiger partial charge is 0.407 e. The molecule has 1 fully saturated rings. The molecule has 0 spiro atoms. The zero-order chi connectivity index (χ0) is 9.97. The van der Waals surface area contributed by atoms with E-state index >= 15 is 0 Å². The van der Waals surface area contributed by atoms with Gasteiger partial charge in [-0.05, 0) is 18.1 Å². The van der Waals surface area contributed by atoms with Crippen LogP contribution in [-0.4, -0.2) is 12.7 Å². The summed E-state index contributed by atoms with van der Waals surface area (Å²) in [6.07, 6.45) is 0.529. The average Bonchev–Trinajstić information content (AvgIpc) is 2.18. The number of rotatable bonds is 1. The lowest BCUT2D eigenvalue weighted by atomic mass is 9.99. The minimum atomic E-state index is -0.315. The maximum atomic E-state index is 11.0. The highest BCUT2D eigenvalue weighted by Gasteiger charge is 2.21. The van der Waals surface area contributed by atoms with Crippen LogP contribution < -0.4 is 5.32 Å². The molecular formula is C11H13NO2. The molecule has 0 saturated carbocycles. The summed E-state index contributed by atoms with van der Waals surface area (Å²) in [5.41, 5.74) is 2.39. The van der Waals surface area contributed by atoms with E-state index in [1.807, 2.05) is 18.2 Å². The van der Waals surface area contributed by atoms with Crippen molar-refractivity contribution in [3.63, 3.8) is 0 Å². The predicted molar refractivity (Wildman–Crippen MR) is 53.0 cm³/mol. The van der Waals surface area contributed by atoms with E-state index in [-0.39, 0.29) is 12.1 Å². The van der Waals surface area contributed by atoms with Gasteiger partial charge < -0.3 is 10.1 Å². The maximum absolute atomic E-state index is 11.0. The van der Waals surface area contributed by atoms with Gasteiger partial charge >= 0.3 is 6.09 Å². The van der Waals surface area contributed by atoms with Crippen molar-refractivity contribution in [3.8, 4) is 0 Å². The fourth-order valence-corrected chi connectivity index (χ4v) is 1.74. The molecule has 1 aliphatic rings. The molecule has 2 rings (SSSR count). The molecule has 1 N–H and O–H groups in total. The first-order valence-electron chi connectivity index (χ1n) is 4.76. The maximum Gasteiger partial charge on any atom is 0.407 e. The highest BCUT2D eigenvalue weighted by atomic mass is 16.5. The van der Waals surface area contributed by atoms with E-state index in [2.05, 4.69) is 18.3 Å².